The van der Waals surface area contributed by atoms with Crippen molar-refractivity contribution in [2.75, 3.05) is 20.1 Å². The molecule has 4 heteroatoms. The summed E-state index contributed by atoms with van der Waals surface area (Å²) in [6.07, 6.45) is 5.59. The SMILES string of the molecule is CN=C(NC#N)N1CCCCC1. The summed E-state index contributed by atoms with van der Waals surface area (Å²) in [5.41, 5.74) is 0. The van der Waals surface area contributed by atoms with Gasteiger partial charge in [-0.05, 0) is 19.3 Å². The third kappa shape index (κ3) is 2.12. The van der Waals surface area contributed by atoms with Gasteiger partial charge in [0.25, 0.3) is 0 Å². The molecule has 66 valence electrons. The Morgan fingerprint density at radius 3 is 2.58 bits per heavy atom. The second-order valence-corrected chi connectivity index (χ2v) is 2.83. The average Bonchev–Trinajstić information content (AvgIpc) is 2.15. The molecule has 12 heavy (non-hydrogen) atoms. The van der Waals surface area contributed by atoms with Crippen molar-refractivity contribution in [2.24, 2.45) is 4.99 Å². The quantitative estimate of drug-likeness (QED) is 0.247. The van der Waals surface area contributed by atoms with Gasteiger partial charge in [0.05, 0.1) is 0 Å². The number of nitrogens with zero attached hydrogens (tertiary/aromatic N) is 3. The summed E-state index contributed by atoms with van der Waals surface area (Å²) in [6.45, 7) is 2.03. The van der Waals surface area contributed by atoms with Gasteiger partial charge in [-0.15, -0.1) is 0 Å². The predicted molar refractivity (Wildman–Crippen MR) is 47.5 cm³/mol. The third-order valence-electron chi connectivity index (χ3n) is 2.04. The lowest BCUT2D eigenvalue weighted by molar-refractivity contribution is 0.335. The minimum Gasteiger partial charge on any atom is -0.342 e. The molecule has 1 saturated heterocycles. The molecule has 0 aromatic heterocycles. The lowest BCUT2D eigenvalue weighted by Crippen LogP contribution is -2.42. The Kier molecular flexibility index (Phi) is 3.39. The maximum absolute atomic E-state index is 8.43. The summed E-state index contributed by atoms with van der Waals surface area (Å²) in [5, 5.41) is 11.0. The molecular formula is C8H14N4. The van der Waals surface area contributed by atoms with Crippen LogP contribution in [-0.2, 0) is 0 Å². The third-order valence-corrected chi connectivity index (χ3v) is 2.04. The zero-order chi connectivity index (χ0) is 8.81. The molecule has 1 rings (SSSR count). The molecule has 1 heterocycles. The first kappa shape index (κ1) is 8.85. The molecule has 1 aliphatic rings. The standard InChI is InChI=1S/C8H14N4/c1-10-8(11-7-9)12-5-3-2-4-6-12/h2-6H2,1H3,(H,10,11). The van der Waals surface area contributed by atoms with Crippen molar-refractivity contribution in [3.8, 4) is 6.19 Å². The minimum atomic E-state index is 0.706. The van der Waals surface area contributed by atoms with E-state index < -0.39 is 0 Å². The highest BCUT2D eigenvalue weighted by Gasteiger charge is 2.13. The van der Waals surface area contributed by atoms with Gasteiger partial charge < -0.3 is 4.90 Å². The van der Waals surface area contributed by atoms with Crippen molar-refractivity contribution >= 4 is 5.96 Å². The smallest absolute Gasteiger partial charge is 0.207 e. The number of rotatable bonds is 0. The molecule has 0 aromatic carbocycles. The second-order valence-electron chi connectivity index (χ2n) is 2.83. The monoisotopic (exact) mass is 166 g/mol. The van der Waals surface area contributed by atoms with Gasteiger partial charge >= 0.3 is 0 Å². The second kappa shape index (κ2) is 4.60. The molecule has 0 radical (unpaired) electrons. The van der Waals surface area contributed by atoms with Gasteiger partial charge in [0.15, 0.2) is 6.19 Å². The number of nitrogens with one attached hydrogen (secondary N) is 1. The van der Waals surface area contributed by atoms with Crippen molar-refractivity contribution in [3.63, 3.8) is 0 Å². The van der Waals surface area contributed by atoms with Crippen molar-refractivity contribution in [1.82, 2.24) is 10.2 Å². The fraction of sp³-hybridized carbons (Fsp3) is 0.750. The first-order valence-corrected chi connectivity index (χ1v) is 4.25. The molecule has 1 fully saturated rings. The number of guanidine groups is 1. The van der Waals surface area contributed by atoms with Gasteiger partial charge in [-0.1, -0.05) is 0 Å². The summed E-state index contributed by atoms with van der Waals surface area (Å²) in [5.74, 6) is 0.706. The van der Waals surface area contributed by atoms with Gasteiger partial charge in [0.2, 0.25) is 5.96 Å². The summed E-state index contributed by atoms with van der Waals surface area (Å²) in [6, 6.07) is 0. The minimum absolute atomic E-state index is 0.706. The first-order valence-electron chi connectivity index (χ1n) is 4.25. The molecule has 4 nitrogen and oxygen atoms in total. The van der Waals surface area contributed by atoms with Gasteiger partial charge in [0, 0.05) is 20.1 Å². The van der Waals surface area contributed by atoms with Crippen molar-refractivity contribution < 1.29 is 0 Å². The maximum Gasteiger partial charge on any atom is 0.207 e. The van der Waals surface area contributed by atoms with Gasteiger partial charge in [-0.25, -0.2) is 0 Å². The zero-order valence-corrected chi connectivity index (χ0v) is 7.38. The van der Waals surface area contributed by atoms with Crippen molar-refractivity contribution in [3.05, 3.63) is 0 Å². The fourth-order valence-corrected chi connectivity index (χ4v) is 1.43. The Morgan fingerprint density at radius 2 is 2.08 bits per heavy atom. The number of nitriles is 1. The maximum atomic E-state index is 8.43. The number of likely N-dealkylation sites (tertiary alicyclic amines) is 1. The lowest BCUT2D eigenvalue weighted by atomic mass is 10.1. The molecule has 0 amide bonds. The van der Waals surface area contributed by atoms with Crippen LogP contribution in [0.1, 0.15) is 19.3 Å². The number of hydrogen-bond acceptors (Lipinski definition) is 2. The molecule has 0 aromatic rings. The number of piperidine rings is 1. The van der Waals surface area contributed by atoms with Crippen LogP contribution in [0.2, 0.25) is 0 Å². The highest BCUT2D eigenvalue weighted by atomic mass is 15.3. The Bertz CT molecular complexity index is 198. The van der Waals surface area contributed by atoms with Gasteiger partial charge in [-0.2, -0.15) is 5.26 Å². The number of hydrogen-bond donors (Lipinski definition) is 1. The Balaban J connectivity index is 2.48. The molecule has 0 unspecified atom stereocenters. The summed E-state index contributed by atoms with van der Waals surface area (Å²) in [4.78, 5) is 6.13. The van der Waals surface area contributed by atoms with E-state index in [-0.39, 0.29) is 0 Å². The summed E-state index contributed by atoms with van der Waals surface area (Å²) in [7, 11) is 1.70. The van der Waals surface area contributed by atoms with Crippen LogP contribution >= 0.6 is 0 Å². The van der Waals surface area contributed by atoms with Crippen LogP contribution in [0.4, 0.5) is 0 Å². The molecule has 0 bridgehead atoms. The molecule has 0 saturated carbocycles. The van der Waals surface area contributed by atoms with Crippen LogP contribution in [0.15, 0.2) is 4.99 Å². The number of aliphatic imine (C=N–C) groups is 1. The first-order chi connectivity index (χ1) is 5.88. The van der Waals surface area contributed by atoms with E-state index in [1.807, 2.05) is 6.19 Å². The molecule has 1 aliphatic heterocycles. The fourth-order valence-electron chi connectivity index (χ4n) is 1.43. The van der Waals surface area contributed by atoms with Gasteiger partial charge in [-0.3, -0.25) is 10.3 Å². The summed E-state index contributed by atoms with van der Waals surface area (Å²) >= 11 is 0. The molecular weight excluding hydrogens is 152 g/mol. The van der Waals surface area contributed by atoms with E-state index in [9.17, 15) is 0 Å². The van der Waals surface area contributed by atoms with Crippen LogP contribution < -0.4 is 5.32 Å². The van der Waals surface area contributed by atoms with Crippen molar-refractivity contribution in [1.29, 1.82) is 5.26 Å². The van der Waals surface area contributed by atoms with Crippen LogP contribution in [0.3, 0.4) is 0 Å². The predicted octanol–water partition coefficient (Wildman–Crippen LogP) is 0.529. The Morgan fingerprint density at radius 1 is 1.42 bits per heavy atom. The van der Waals surface area contributed by atoms with Crippen LogP contribution in [0, 0.1) is 11.5 Å². The van der Waals surface area contributed by atoms with E-state index >= 15 is 0 Å². The highest BCUT2D eigenvalue weighted by Crippen LogP contribution is 2.08. The molecule has 0 aliphatic carbocycles. The van der Waals surface area contributed by atoms with E-state index in [2.05, 4.69) is 15.2 Å². The molecule has 0 atom stereocenters. The zero-order valence-electron chi connectivity index (χ0n) is 7.38. The van der Waals surface area contributed by atoms with Gasteiger partial charge in [0.1, 0.15) is 0 Å². The molecule has 1 N–H and O–H groups in total. The molecule has 0 spiro atoms. The van der Waals surface area contributed by atoms with E-state index in [1.54, 1.807) is 7.05 Å². The van der Waals surface area contributed by atoms with E-state index in [0.717, 1.165) is 13.1 Å². The average molecular weight is 166 g/mol. The largest absolute Gasteiger partial charge is 0.342 e. The van der Waals surface area contributed by atoms with E-state index in [4.69, 9.17) is 5.26 Å². The highest BCUT2D eigenvalue weighted by molar-refractivity contribution is 5.81. The van der Waals surface area contributed by atoms with Crippen LogP contribution in [0.5, 0.6) is 0 Å². The topological polar surface area (TPSA) is 51.4 Å². The Labute approximate surface area is 72.9 Å². The normalized spacial score (nSPS) is 18.7. The van der Waals surface area contributed by atoms with Crippen LogP contribution in [-0.4, -0.2) is 31.0 Å². The van der Waals surface area contributed by atoms with Crippen LogP contribution in [0.25, 0.3) is 0 Å². The van der Waals surface area contributed by atoms with E-state index in [1.165, 1.54) is 19.3 Å². The lowest BCUT2D eigenvalue weighted by Gasteiger charge is -2.28. The Hall–Kier alpha value is -1.24. The summed E-state index contributed by atoms with van der Waals surface area (Å²) < 4.78 is 0. The van der Waals surface area contributed by atoms with Crippen molar-refractivity contribution in [2.45, 2.75) is 19.3 Å². The van der Waals surface area contributed by atoms with E-state index in [0.29, 0.717) is 5.96 Å².